The van der Waals surface area contributed by atoms with E-state index in [0.29, 0.717) is 24.2 Å². The molecular formula is C11H13NO4S. The zero-order valence-electron chi connectivity index (χ0n) is 9.38. The molecule has 0 radical (unpaired) electrons. The number of carbonyl (C=O) groups is 1. The van der Waals surface area contributed by atoms with E-state index in [1.54, 1.807) is 18.2 Å². The summed E-state index contributed by atoms with van der Waals surface area (Å²) in [6.07, 6.45) is 1.74. The molecule has 0 spiro atoms. The van der Waals surface area contributed by atoms with Crippen molar-refractivity contribution in [2.75, 3.05) is 17.1 Å². The van der Waals surface area contributed by atoms with E-state index < -0.39 is 16.0 Å². The lowest BCUT2D eigenvalue weighted by Gasteiger charge is -2.16. The van der Waals surface area contributed by atoms with Crippen molar-refractivity contribution in [3.8, 4) is 0 Å². The van der Waals surface area contributed by atoms with Gasteiger partial charge in [-0.2, -0.15) is 0 Å². The van der Waals surface area contributed by atoms with Gasteiger partial charge in [-0.05, 0) is 23.6 Å². The number of hydrogen-bond acceptors (Lipinski definition) is 3. The summed E-state index contributed by atoms with van der Waals surface area (Å²) in [6, 6.07) is 5.19. The molecule has 0 unspecified atom stereocenters. The Hall–Kier alpha value is -1.56. The van der Waals surface area contributed by atoms with Crippen molar-refractivity contribution in [2.24, 2.45) is 0 Å². The van der Waals surface area contributed by atoms with Gasteiger partial charge in [-0.1, -0.05) is 12.1 Å². The predicted octanol–water partition coefficient (Wildman–Crippen LogP) is 0.636. The molecule has 0 amide bonds. The maximum Gasteiger partial charge on any atom is 0.307 e. The van der Waals surface area contributed by atoms with Crippen molar-refractivity contribution in [1.82, 2.24) is 0 Å². The van der Waals surface area contributed by atoms with Crippen LogP contribution in [0.3, 0.4) is 0 Å². The minimum absolute atomic E-state index is 0.0924. The Labute approximate surface area is 99.7 Å². The minimum atomic E-state index is -3.28. The number of carboxylic acid groups (broad SMARTS) is 1. The van der Waals surface area contributed by atoms with Crippen molar-refractivity contribution in [3.05, 3.63) is 29.3 Å². The summed E-state index contributed by atoms with van der Waals surface area (Å²) in [5, 5.41) is 8.71. The number of sulfonamides is 1. The van der Waals surface area contributed by atoms with Gasteiger partial charge in [-0.15, -0.1) is 0 Å². The summed E-state index contributed by atoms with van der Waals surface area (Å²) in [5.41, 5.74) is 2.18. The van der Waals surface area contributed by atoms with Crippen LogP contribution in [0.5, 0.6) is 0 Å². The summed E-state index contributed by atoms with van der Waals surface area (Å²) < 4.78 is 24.4. The topological polar surface area (TPSA) is 74.7 Å². The summed E-state index contributed by atoms with van der Waals surface area (Å²) in [7, 11) is -3.28. The van der Waals surface area contributed by atoms with E-state index in [1.165, 1.54) is 4.31 Å². The van der Waals surface area contributed by atoms with Gasteiger partial charge in [-0.25, -0.2) is 8.42 Å². The first-order chi connectivity index (χ1) is 7.88. The van der Waals surface area contributed by atoms with E-state index in [1.807, 2.05) is 0 Å². The van der Waals surface area contributed by atoms with E-state index in [9.17, 15) is 13.2 Å². The second kappa shape index (κ2) is 4.03. The molecule has 1 aromatic carbocycles. The average Bonchev–Trinajstić information content (AvgIpc) is 2.58. The van der Waals surface area contributed by atoms with E-state index >= 15 is 0 Å². The van der Waals surface area contributed by atoms with Gasteiger partial charge in [0.1, 0.15) is 0 Å². The third-order valence-corrected chi connectivity index (χ3v) is 3.94. The van der Waals surface area contributed by atoms with Crippen LogP contribution in [0.15, 0.2) is 18.2 Å². The van der Waals surface area contributed by atoms with Crippen molar-refractivity contribution in [2.45, 2.75) is 12.8 Å². The fraction of sp³-hybridized carbons (Fsp3) is 0.364. The summed E-state index contributed by atoms with van der Waals surface area (Å²) in [5.74, 6) is -0.922. The first-order valence-electron chi connectivity index (χ1n) is 5.19. The lowest BCUT2D eigenvalue weighted by molar-refractivity contribution is -0.136. The Morgan fingerprint density at radius 2 is 2.18 bits per heavy atom. The standard InChI is InChI=1S/C11H13NO4S/c1-17(15,16)12-5-4-9-3-2-8(6-10(9)12)7-11(13)14/h2-3,6H,4-5,7H2,1H3,(H,13,14). The second-order valence-electron chi connectivity index (χ2n) is 4.12. The first kappa shape index (κ1) is 11.9. The average molecular weight is 255 g/mol. The molecule has 6 heteroatoms. The van der Waals surface area contributed by atoms with Gasteiger partial charge in [0.15, 0.2) is 0 Å². The molecule has 92 valence electrons. The summed E-state index contributed by atoms with van der Waals surface area (Å²) >= 11 is 0. The van der Waals surface area contributed by atoms with E-state index in [2.05, 4.69) is 0 Å². The SMILES string of the molecule is CS(=O)(=O)N1CCc2ccc(CC(=O)O)cc21. The van der Waals surface area contributed by atoms with Crippen LogP contribution in [-0.4, -0.2) is 32.3 Å². The van der Waals surface area contributed by atoms with Gasteiger partial charge >= 0.3 is 5.97 Å². The number of fused-ring (bicyclic) bond motifs is 1. The summed E-state index contributed by atoms with van der Waals surface area (Å²) in [6.45, 7) is 0.435. The smallest absolute Gasteiger partial charge is 0.307 e. The van der Waals surface area contributed by atoms with Crippen LogP contribution in [-0.2, 0) is 27.7 Å². The highest BCUT2D eigenvalue weighted by molar-refractivity contribution is 7.92. The van der Waals surface area contributed by atoms with E-state index in [4.69, 9.17) is 5.11 Å². The molecule has 0 atom stereocenters. The first-order valence-corrected chi connectivity index (χ1v) is 7.04. The maximum absolute atomic E-state index is 11.5. The molecule has 2 rings (SSSR count). The molecule has 1 heterocycles. The molecule has 0 saturated heterocycles. The van der Waals surface area contributed by atoms with Gasteiger partial charge in [-0.3, -0.25) is 9.10 Å². The third kappa shape index (κ3) is 2.41. The Morgan fingerprint density at radius 1 is 1.47 bits per heavy atom. The fourth-order valence-corrected chi connectivity index (χ4v) is 2.97. The van der Waals surface area contributed by atoms with Crippen molar-refractivity contribution < 1.29 is 18.3 Å². The van der Waals surface area contributed by atoms with Gasteiger partial charge in [0, 0.05) is 6.54 Å². The van der Waals surface area contributed by atoms with Gasteiger partial charge < -0.3 is 5.11 Å². The molecule has 1 aromatic rings. The molecule has 0 saturated carbocycles. The van der Waals surface area contributed by atoms with Crippen molar-refractivity contribution >= 4 is 21.7 Å². The van der Waals surface area contributed by atoms with Gasteiger partial charge in [0.25, 0.3) is 0 Å². The van der Waals surface area contributed by atoms with Gasteiger partial charge in [0.05, 0.1) is 18.4 Å². The zero-order valence-corrected chi connectivity index (χ0v) is 10.2. The van der Waals surface area contributed by atoms with Crippen molar-refractivity contribution in [3.63, 3.8) is 0 Å². The largest absolute Gasteiger partial charge is 0.481 e. The molecule has 1 aliphatic rings. The number of aliphatic carboxylic acids is 1. The van der Waals surface area contributed by atoms with Crippen molar-refractivity contribution in [1.29, 1.82) is 0 Å². The number of carboxylic acids is 1. The van der Waals surface area contributed by atoms with Crippen LogP contribution < -0.4 is 4.31 Å². The molecule has 0 aromatic heterocycles. The molecule has 0 fully saturated rings. The fourth-order valence-electron chi connectivity index (χ4n) is 2.02. The monoisotopic (exact) mass is 255 g/mol. The molecular weight excluding hydrogens is 242 g/mol. The Balaban J connectivity index is 2.40. The maximum atomic E-state index is 11.5. The van der Waals surface area contributed by atoms with Crippen LogP contribution in [0, 0.1) is 0 Å². The number of anilines is 1. The van der Waals surface area contributed by atoms with E-state index in [-0.39, 0.29) is 6.42 Å². The third-order valence-electron chi connectivity index (χ3n) is 2.76. The lowest BCUT2D eigenvalue weighted by Crippen LogP contribution is -2.27. The second-order valence-corrected chi connectivity index (χ2v) is 6.03. The number of rotatable bonds is 3. The number of hydrogen-bond donors (Lipinski definition) is 1. The quantitative estimate of drug-likeness (QED) is 0.860. The highest BCUT2D eigenvalue weighted by atomic mass is 32.2. The van der Waals surface area contributed by atoms with E-state index in [0.717, 1.165) is 11.8 Å². The molecule has 0 aliphatic carbocycles. The Kier molecular flexibility index (Phi) is 2.82. The van der Waals surface area contributed by atoms with Gasteiger partial charge in [0.2, 0.25) is 10.0 Å². The van der Waals surface area contributed by atoms with Crippen LogP contribution in [0.25, 0.3) is 0 Å². The Morgan fingerprint density at radius 3 is 2.76 bits per heavy atom. The molecule has 17 heavy (non-hydrogen) atoms. The molecule has 1 aliphatic heterocycles. The van der Waals surface area contributed by atoms with Crippen LogP contribution in [0.4, 0.5) is 5.69 Å². The number of nitrogens with zero attached hydrogens (tertiary/aromatic N) is 1. The zero-order chi connectivity index (χ0) is 12.6. The number of benzene rings is 1. The summed E-state index contributed by atoms with van der Waals surface area (Å²) in [4.78, 5) is 10.6. The normalized spacial score (nSPS) is 14.8. The minimum Gasteiger partial charge on any atom is -0.481 e. The highest BCUT2D eigenvalue weighted by Crippen LogP contribution is 2.30. The lowest BCUT2D eigenvalue weighted by atomic mass is 10.1. The molecule has 1 N–H and O–H groups in total. The van der Waals surface area contributed by atoms with Crippen LogP contribution >= 0.6 is 0 Å². The van der Waals surface area contributed by atoms with Crippen LogP contribution in [0.1, 0.15) is 11.1 Å². The Bertz CT molecular complexity index is 565. The molecule has 5 nitrogen and oxygen atoms in total. The van der Waals surface area contributed by atoms with Crippen LogP contribution in [0.2, 0.25) is 0 Å². The predicted molar refractivity (Wildman–Crippen MR) is 63.7 cm³/mol. The molecule has 0 bridgehead atoms. The highest BCUT2D eigenvalue weighted by Gasteiger charge is 2.26.